The Morgan fingerprint density at radius 2 is 2.00 bits per heavy atom. The first-order valence-corrected chi connectivity index (χ1v) is 9.33. The van der Waals surface area contributed by atoms with Gasteiger partial charge in [0.15, 0.2) is 5.13 Å². The first kappa shape index (κ1) is 17.4. The van der Waals surface area contributed by atoms with E-state index in [0.29, 0.717) is 11.0 Å². The zero-order valence-electron chi connectivity index (χ0n) is 14.7. The van der Waals surface area contributed by atoms with Gasteiger partial charge in [0.1, 0.15) is 0 Å². The molecule has 0 spiro atoms. The highest BCUT2D eigenvalue weighted by Crippen LogP contribution is 2.29. The highest BCUT2D eigenvalue weighted by molar-refractivity contribution is 7.22. The highest BCUT2D eigenvalue weighted by Gasteiger charge is 2.09. The van der Waals surface area contributed by atoms with Crippen LogP contribution in [0.2, 0.25) is 0 Å². The number of nitrogens with zero attached hydrogens (tertiary/aromatic N) is 1. The first-order chi connectivity index (χ1) is 12.0. The summed E-state index contributed by atoms with van der Waals surface area (Å²) in [6, 6.07) is 14.4. The van der Waals surface area contributed by atoms with Gasteiger partial charge >= 0.3 is 0 Å². The van der Waals surface area contributed by atoms with Crippen LogP contribution in [0, 0.1) is 6.92 Å². The summed E-state index contributed by atoms with van der Waals surface area (Å²) in [5.41, 5.74) is 4.45. The van der Waals surface area contributed by atoms with Gasteiger partial charge in [-0.25, -0.2) is 4.98 Å². The molecular weight excluding hydrogens is 328 g/mol. The molecule has 0 radical (unpaired) electrons. The maximum Gasteiger partial charge on any atom is 0.250 e. The third kappa shape index (κ3) is 4.34. The van der Waals surface area contributed by atoms with E-state index in [0.717, 1.165) is 22.2 Å². The predicted molar refractivity (Wildman–Crippen MR) is 107 cm³/mol. The molecule has 3 aromatic rings. The fourth-order valence-corrected chi connectivity index (χ4v) is 3.45. The molecule has 1 N–H and O–H groups in total. The molecule has 2 aromatic carbocycles. The Morgan fingerprint density at radius 3 is 2.72 bits per heavy atom. The average molecular weight is 350 g/mol. The number of thiazole rings is 1. The van der Waals surface area contributed by atoms with Crippen molar-refractivity contribution in [3.63, 3.8) is 0 Å². The smallest absolute Gasteiger partial charge is 0.250 e. The molecule has 0 saturated heterocycles. The number of amides is 1. The van der Waals surface area contributed by atoms with Gasteiger partial charge in [-0.1, -0.05) is 61.1 Å². The van der Waals surface area contributed by atoms with Crippen LogP contribution < -0.4 is 5.32 Å². The zero-order valence-corrected chi connectivity index (χ0v) is 15.6. The molecule has 4 heteroatoms. The van der Waals surface area contributed by atoms with Crippen LogP contribution in [0.5, 0.6) is 0 Å². The summed E-state index contributed by atoms with van der Waals surface area (Å²) in [6.45, 7) is 6.45. The van der Waals surface area contributed by atoms with E-state index >= 15 is 0 Å². The second-order valence-electron chi connectivity index (χ2n) is 6.29. The lowest BCUT2D eigenvalue weighted by Gasteiger charge is -2.07. The van der Waals surface area contributed by atoms with Gasteiger partial charge in [-0.05, 0) is 48.6 Å². The first-order valence-electron chi connectivity index (χ1n) is 8.51. The molecule has 1 heterocycles. The van der Waals surface area contributed by atoms with Crippen molar-refractivity contribution in [1.82, 2.24) is 4.98 Å². The summed E-state index contributed by atoms with van der Waals surface area (Å²) in [7, 11) is 0. The molecule has 25 heavy (non-hydrogen) atoms. The number of anilines is 1. The van der Waals surface area contributed by atoms with Gasteiger partial charge in [-0.15, -0.1) is 0 Å². The number of fused-ring (bicyclic) bond motifs is 1. The van der Waals surface area contributed by atoms with Crippen LogP contribution in [0.3, 0.4) is 0 Å². The normalized spacial score (nSPS) is 12.6. The predicted octanol–water partition coefficient (Wildman–Crippen LogP) is 5.77. The van der Waals surface area contributed by atoms with Gasteiger partial charge < -0.3 is 0 Å². The summed E-state index contributed by atoms with van der Waals surface area (Å²) in [5, 5.41) is 3.49. The lowest BCUT2D eigenvalue weighted by Crippen LogP contribution is -2.07. The molecule has 0 aliphatic rings. The van der Waals surface area contributed by atoms with Crippen molar-refractivity contribution in [2.24, 2.45) is 0 Å². The number of carbonyl (C=O) groups is 1. The van der Waals surface area contributed by atoms with Gasteiger partial charge in [-0.3, -0.25) is 10.1 Å². The molecule has 0 aliphatic heterocycles. The number of hydrogen-bond donors (Lipinski definition) is 1. The van der Waals surface area contributed by atoms with Gasteiger partial charge in [0.05, 0.1) is 10.2 Å². The van der Waals surface area contributed by atoms with E-state index in [-0.39, 0.29) is 5.91 Å². The molecule has 3 nitrogen and oxygen atoms in total. The fraction of sp³-hybridized carbons (Fsp3) is 0.238. The molecule has 1 unspecified atom stereocenters. The van der Waals surface area contributed by atoms with Crippen molar-refractivity contribution in [3.05, 3.63) is 65.2 Å². The Kier molecular flexibility index (Phi) is 5.29. The summed E-state index contributed by atoms with van der Waals surface area (Å²) in [6.07, 6.45) is 4.46. The number of benzene rings is 2. The van der Waals surface area contributed by atoms with Gasteiger partial charge in [-0.2, -0.15) is 0 Å². The van der Waals surface area contributed by atoms with Crippen molar-refractivity contribution in [3.8, 4) is 0 Å². The molecule has 1 aromatic heterocycles. The second kappa shape index (κ2) is 7.62. The van der Waals surface area contributed by atoms with Crippen LogP contribution in [0.4, 0.5) is 5.13 Å². The monoisotopic (exact) mass is 350 g/mol. The largest absolute Gasteiger partial charge is 0.298 e. The molecule has 0 saturated carbocycles. The quantitative estimate of drug-likeness (QED) is 0.594. The lowest BCUT2D eigenvalue weighted by molar-refractivity contribution is -0.111. The number of aromatic nitrogens is 1. The Bertz CT molecular complexity index is 909. The molecule has 3 rings (SSSR count). The van der Waals surface area contributed by atoms with Crippen LogP contribution in [-0.4, -0.2) is 10.9 Å². The van der Waals surface area contributed by atoms with Crippen LogP contribution in [0.25, 0.3) is 16.3 Å². The van der Waals surface area contributed by atoms with E-state index in [1.165, 1.54) is 22.5 Å². The topological polar surface area (TPSA) is 42.0 Å². The van der Waals surface area contributed by atoms with E-state index in [1.54, 1.807) is 6.08 Å². The Morgan fingerprint density at radius 1 is 1.24 bits per heavy atom. The van der Waals surface area contributed by atoms with Crippen molar-refractivity contribution < 1.29 is 4.79 Å². The third-order valence-corrected chi connectivity index (χ3v) is 5.26. The minimum atomic E-state index is -0.165. The van der Waals surface area contributed by atoms with Crippen LogP contribution >= 0.6 is 11.3 Å². The maximum absolute atomic E-state index is 12.1. The molecule has 1 atom stereocenters. The van der Waals surface area contributed by atoms with Crippen molar-refractivity contribution in [2.75, 3.05) is 5.32 Å². The number of rotatable bonds is 5. The highest BCUT2D eigenvalue weighted by atomic mass is 32.1. The summed E-state index contributed by atoms with van der Waals surface area (Å²) < 4.78 is 1.11. The summed E-state index contributed by atoms with van der Waals surface area (Å²) in [5.74, 6) is 0.365. The summed E-state index contributed by atoms with van der Waals surface area (Å²) in [4.78, 5) is 16.6. The molecule has 0 bridgehead atoms. The SMILES string of the molecule is CCC(C)c1ccc2nc(NC(=O)/C=C/c3ccc(C)cc3)sc2c1. The molecule has 0 aliphatic carbocycles. The van der Waals surface area contributed by atoms with Crippen molar-refractivity contribution in [1.29, 1.82) is 0 Å². The lowest BCUT2D eigenvalue weighted by atomic mass is 9.99. The minimum absolute atomic E-state index is 0.165. The molecular formula is C21H22N2OS. The van der Waals surface area contributed by atoms with Crippen LogP contribution in [-0.2, 0) is 4.79 Å². The standard InChI is InChI=1S/C21H22N2OS/c1-4-15(3)17-10-11-18-19(13-17)25-21(22-18)23-20(24)12-9-16-7-5-14(2)6-8-16/h5-13,15H,4H2,1-3H3,(H,22,23,24)/b12-9+. The Labute approximate surface area is 152 Å². The Balaban J connectivity index is 1.71. The van der Waals surface area contributed by atoms with E-state index in [2.05, 4.69) is 36.3 Å². The Hall–Kier alpha value is -2.46. The van der Waals surface area contributed by atoms with Gasteiger partial charge in [0.25, 0.3) is 0 Å². The molecule has 1 amide bonds. The minimum Gasteiger partial charge on any atom is -0.298 e. The van der Waals surface area contributed by atoms with Crippen LogP contribution in [0.15, 0.2) is 48.5 Å². The van der Waals surface area contributed by atoms with E-state index < -0.39 is 0 Å². The summed E-state index contributed by atoms with van der Waals surface area (Å²) >= 11 is 1.51. The second-order valence-corrected chi connectivity index (χ2v) is 7.32. The van der Waals surface area contributed by atoms with Crippen molar-refractivity contribution >= 4 is 38.7 Å². The molecule has 128 valence electrons. The van der Waals surface area contributed by atoms with E-state index in [4.69, 9.17) is 0 Å². The van der Waals surface area contributed by atoms with Gasteiger partial charge in [0.2, 0.25) is 5.91 Å². The number of nitrogens with one attached hydrogen (secondary N) is 1. The maximum atomic E-state index is 12.1. The van der Waals surface area contributed by atoms with E-state index in [9.17, 15) is 4.79 Å². The zero-order chi connectivity index (χ0) is 17.8. The average Bonchev–Trinajstić information content (AvgIpc) is 3.01. The fourth-order valence-electron chi connectivity index (χ4n) is 2.53. The number of carbonyl (C=O) groups excluding carboxylic acids is 1. The van der Waals surface area contributed by atoms with E-state index in [1.807, 2.05) is 43.3 Å². The third-order valence-electron chi connectivity index (χ3n) is 4.33. The van der Waals surface area contributed by atoms with Gasteiger partial charge in [0, 0.05) is 6.08 Å². The number of hydrogen-bond acceptors (Lipinski definition) is 3. The molecule has 0 fully saturated rings. The van der Waals surface area contributed by atoms with Crippen LogP contribution in [0.1, 0.15) is 42.9 Å². The number of aryl methyl sites for hydroxylation is 1. The van der Waals surface area contributed by atoms with Crippen molar-refractivity contribution in [2.45, 2.75) is 33.1 Å².